The third-order valence-electron chi connectivity index (χ3n) is 5.46. The SMILES string of the molecule is CCC1(CC)CCN(CCSC2CCNCC2)CC1. The number of piperidine rings is 2. The first kappa shape index (κ1) is 15.7. The van der Waals surface area contributed by atoms with Crippen molar-refractivity contribution in [2.75, 3.05) is 38.5 Å². The minimum atomic E-state index is 0.679. The molecule has 0 amide bonds. The molecule has 112 valence electrons. The molecule has 0 saturated carbocycles. The topological polar surface area (TPSA) is 15.3 Å². The lowest BCUT2D eigenvalue weighted by Gasteiger charge is -2.41. The molecule has 3 heteroatoms. The van der Waals surface area contributed by atoms with Crippen LogP contribution < -0.4 is 5.32 Å². The van der Waals surface area contributed by atoms with Gasteiger partial charge >= 0.3 is 0 Å². The van der Waals surface area contributed by atoms with Crippen molar-refractivity contribution in [2.24, 2.45) is 5.41 Å². The van der Waals surface area contributed by atoms with Gasteiger partial charge in [0.1, 0.15) is 0 Å². The maximum atomic E-state index is 3.45. The molecule has 0 atom stereocenters. The minimum Gasteiger partial charge on any atom is -0.317 e. The Labute approximate surface area is 124 Å². The molecule has 0 aromatic heterocycles. The minimum absolute atomic E-state index is 0.679. The Kier molecular flexibility index (Phi) is 6.51. The number of rotatable bonds is 6. The number of hydrogen-bond donors (Lipinski definition) is 1. The van der Waals surface area contributed by atoms with Crippen molar-refractivity contribution >= 4 is 11.8 Å². The lowest BCUT2D eigenvalue weighted by molar-refractivity contribution is 0.1000. The summed E-state index contributed by atoms with van der Waals surface area (Å²) >= 11 is 2.22. The predicted octanol–water partition coefficient (Wildman–Crippen LogP) is 3.37. The molecule has 19 heavy (non-hydrogen) atoms. The van der Waals surface area contributed by atoms with Crippen LogP contribution in [0.1, 0.15) is 52.4 Å². The Morgan fingerprint density at radius 3 is 2.32 bits per heavy atom. The summed E-state index contributed by atoms with van der Waals surface area (Å²) in [5.74, 6) is 1.34. The van der Waals surface area contributed by atoms with Gasteiger partial charge in [-0.1, -0.05) is 26.7 Å². The molecule has 2 heterocycles. The maximum Gasteiger partial charge on any atom is 0.00725 e. The monoisotopic (exact) mass is 284 g/mol. The third-order valence-corrected chi connectivity index (χ3v) is 6.83. The molecule has 2 aliphatic rings. The number of thioether (sulfide) groups is 1. The highest BCUT2D eigenvalue weighted by Crippen LogP contribution is 2.37. The summed E-state index contributed by atoms with van der Waals surface area (Å²) in [7, 11) is 0. The number of nitrogens with zero attached hydrogens (tertiary/aromatic N) is 1. The average Bonchev–Trinajstić information content (AvgIpc) is 2.49. The molecule has 0 aromatic carbocycles. The summed E-state index contributed by atoms with van der Waals surface area (Å²) in [6.45, 7) is 11.2. The molecule has 2 rings (SSSR count). The molecule has 1 N–H and O–H groups in total. The van der Waals surface area contributed by atoms with Gasteiger partial charge in [-0.25, -0.2) is 0 Å². The van der Waals surface area contributed by atoms with E-state index in [1.807, 2.05) is 0 Å². The third kappa shape index (κ3) is 4.64. The number of hydrogen-bond acceptors (Lipinski definition) is 3. The lowest BCUT2D eigenvalue weighted by Crippen LogP contribution is -2.40. The predicted molar refractivity (Wildman–Crippen MR) is 87.0 cm³/mol. The Morgan fingerprint density at radius 2 is 1.74 bits per heavy atom. The fraction of sp³-hybridized carbons (Fsp3) is 1.00. The van der Waals surface area contributed by atoms with Crippen molar-refractivity contribution < 1.29 is 0 Å². The first-order valence-corrected chi connectivity index (χ1v) is 9.37. The molecule has 0 aliphatic carbocycles. The van der Waals surface area contributed by atoms with E-state index in [1.165, 1.54) is 77.0 Å². The molecule has 0 unspecified atom stereocenters. The Morgan fingerprint density at radius 1 is 1.11 bits per heavy atom. The van der Waals surface area contributed by atoms with Gasteiger partial charge in [0.2, 0.25) is 0 Å². The van der Waals surface area contributed by atoms with E-state index in [-0.39, 0.29) is 0 Å². The average molecular weight is 285 g/mol. The van der Waals surface area contributed by atoms with Gasteiger partial charge in [-0.05, 0) is 57.3 Å². The van der Waals surface area contributed by atoms with E-state index in [9.17, 15) is 0 Å². The van der Waals surface area contributed by atoms with E-state index in [4.69, 9.17) is 0 Å². The van der Waals surface area contributed by atoms with Crippen molar-refractivity contribution in [3.8, 4) is 0 Å². The van der Waals surface area contributed by atoms with Gasteiger partial charge in [0.05, 0.1) is 0 Å². The molecule has 2 fully saturated rings. The highest BCUT2D eigenvalue weighted by molar-refractivity contribution is 7.99. The van der Waals surface area contributed by atoms with Crippen molar-refractivity contribution in [1.29, 1.82) is 0 Å². The van der Waals surface area contributed by atoms with Crippen molar-refractivity contribution in [2.45, 2.75) is 57.6 Å². The molecule has 0 bridgehead atoms. The first-order chi connectivity index (χ1) is 9.28. The maximum absolute atomic E-state index is 3.45. The Balaban J connectivity index is 1.60. The fourth-order valence-electron chi connectivity index (χ4n) is 3.52. The van der Waals surface area contributed by atoms with Crippen LogP contribution >= 0.6 is 11.8 Å². The van der Waals surface area contributed by atoms with Crippen molar-refractivity contribution in [3.63, 3.8) is 0 Å². The molecule has 0 aromatic rings. The summed E-state index contributed by atoms with van der Waals surface area (Å²) in [5, 5.41) is 4.38. The molecular formula is C16H32N2S. The fourth-order valence-corrected chi connectivity index (χ4v) is 4.78. The van der Waals surface area contributed by atoms with E-state index in [2.05, 4.69) is 35.8 Å². The van der Waals surface area contributed by atoms with Crippen LogP contribution in [0.4, 0.5) is 0 Å². The van der Waals surface area contributed by atoms with Crippen LogP contribution in [0.3, 0.4) is 0 Å². The zero-order valence-electron chi connectivity index (χ0n) is 12.9. The van der Waals surface area contributed by atoms with E-state index in [0.29, 0.717) is 5.41 Å². The smallest absolute Gasteiger partial charge is 0.00725 e. The van der Waals surface area contributed by atoms with Crippen LogP contribution in [0, 0.1) is 5.41 Å². The van der Waals surface area contributed by atoms with Gasteiger partial charge in [-0.15, -0.1) is 0 Å². The Bertz CT molecular complexity index is 237. The van der Waals surface area contributed by atoms with Gasteiger partial charge in [-0.3, -0.25) is 0 Å². The summed E-state index contributed by atoms with van der Waals surface area (Å²) in [6, 6.07) is 0. The first-order valence-electron chi connectivity index (χ1n) is 8.33. The van der Waals surface area contributed by atoms with Crippen LogP contribution in [0.5, 0.6) is 0 Å². The van der Waals surface area contributed by atoms with Gasteiger partial charge < -0.3 is 10.2 Å². The summed E-state index contributed by atoms with van der Waals surface area (Å²) in [5.41, 5.74) is 0.679. The zero-order chi connectivity index (χ0) is 13.6. The van der Waals surface area contributed by atoms with Crippen LogP contribution in [0.25, 0.3) is 0 Å². The second kappa shape index (κ2) is 7.90. The van der Waals surface area contributed by atoms with E-state index in [0.717, 1.165) is 5.25 Å². The molecule has 0 radical (unpaired) electrons. The van der Waals surface area contributed by atoms with Gasteiger partial charge in [-0.2, -0.15) is 11.8 Å². The molecule has 0 spiro atoms. The molecule has 2 saturated heterocycles. The molecular weight excluding hydrogens is 252 g/mol. The standard InChI is InChI=1S/C16H32N2S/c1-3-16(4-2)7-11-18(12-8-16)13-14-19-15-5-9-17-10-6-15/h15,17H,3-14H2,1-2H3. The van der Waals surface area contributed by atoms with Gasteiger partial charge in [0.25, 0.3) is 0 Å². The summed E-state index contributed by atoms with van der Waals surface area (Å²) in [6.07, 6.45) is 8.36. The highest BCUT2D eigenvalue weighted by Gasteiger charge is 2.30. The van der Waals surface area contributed by atoms with E-state index in [1.54, 1.807) is 0 Å². The van der Waals surface area contributed by atoms with Crippen LogP contribution in [0.15, 0.2) is 0 Å². The van der Waals surface area contributed by atoms with E-state index >= 15 is 0 Å². The van der Waals surface area contributed by atoms with Crippen molar-refractivity contribution in [1.82, 2.24) is 10.2 Å². The van der Waals surface area contributed by atoms with Crippen LogP contribution in [-0.4, -0.2) is 48.6 Å². The number of nitrogens with one attached hydrogen (secondary N) is 1. The molecule has 2 aliphatic heterocycles. The summed E-state index contributed by atoms with van der Waals surface area (Å²) < 4.78 is 0. The Hall–Kier alpha value is 0.270. The van der Waals surface area contributed by atoms with Crippen molar-refractivity contribution in [3.05, 3.63) is 0 Å². The quantitative estimate of drug-likeness (QED) is 0.805. The lowest BCUT2D eigenvalue weighted by atomic mass is 9.74. The second-order valence-corrected chi connectivity index (χ2v) is 7.78. The van der Waals surface area contributed by atoms with Crippen LogP contribution in [0.2, 0.25) is 0 Å². The second-order valence-electron chi connectivity index (χ2n) is 6.37. The zero-order valence-corrected chi connectivity index (χ0v) is 13.7. The molecule has 2 nitrogen and oxygen atoms in total. The van der Waals surface area contributed by atoms with Crippen LogP contribution in [-0.2, 0) is 0 Å². The van der Waals surface area contributed by atoms with Gasteiger partial charge in [0, 0.05) is 17.5 Å². The van der Waals surface area contributed by atoms with E-state index < -0.39 is 0 Å². The highest BCUT2D eigenvalue weighted by atomic mass is 32.2. The normalized spacial score (nSPS) is 25.6. The summed E-state index contributed by atoms with van der Waals surface area (Å²) in [4.78, 5) is 2.71. The van der Waals surface area contributed by atoms with Gasteiger partial charge in [0.15, 0.2) is 0 Å². The largest absolute Gasteiger partial charge is 0.317 e. The number of likely N-dealkylation sites (tertiary alicyclic amines) is 1.